The SMILES string of the molecule is Cc1ccc(C(=O)ONc2ccc(N=NC(=O)c3ccccc3C)cc2)cc1. The zero-order valence-corrected chi connectivity index (χ0v) is 15.5. The van der Waals surface area contributed by atoms with Crippen LogP contribution in [0.4, 0.5) is 11.4 Å². The molecule has 6 nitrogen and oxygen atoms in total. The first-order chi connectivity index (χ1) is 13.5. The van der Waals surface area contributed by atoms with Crippen molar-refractivity contribution in [1.82, 2.24) is 0 Å². The van der Waals surface area contributed by atoms with Crippen LogP contribution >= 0.6 is 0 Å². The predicted octanol–water partition coefficient (Wildman–Crippen LogP) is 5.41. The summed E-state index contributed by atoms with van der Waals surface area (Å²) >= 11 is 0. The van der Waals surface area contributed by atoms with E-state index in [-0.39, 0.29) is 0 Å². The van der Waals surface area contributed by atoms with Crippen molar-refractivity contribution in [1.29, 1.82) is 0 Å². The molecule has 0 spiro atoms. The number of amides is 1. The van der Waals surface area contributed by atoms with Gasteiger partial charge in [0.05, 0.1) is 16.9 Å². The Hall–Kier alpha value is -3.80. The number of carbonyl (C=O) groups is 2. The topological polar surface area (TPSA) is 80.1 Å². The second-order valence-corrected chi connectivity index (χ2v) is 6.22. The number of rotatable bonds is 5. The van der Waals surface area contributed by atoms with E-state index < -0.39 is 11.9 Å². The number of hydrogen-bond acceptors (Lipinski definition) is 5. The number of benzene rings is 3. The summed E-state index contributed by atoms with van der Waals surface area (Å²) in [5.41, 5.74) is 6.57. The van der Waals surface area contributed by atoms with Crippen LogP contribution in [0.2, 0.25) is 0 Å². The normalized spacial score (nSPS) is 10.6. The Kier molecular flexibility index (Phi) is 5.91. The maximum atomic E-state index is 12.1. The lowest BCUT2D eigenvalue weighted by molar-refractivity contribution is 0.0596. The lowest BCUT2D eigenvalue weighted by Crippen LogP contribution is -2.10. The minimum Gasteiger partial charge on any atom is -0.338 e. The molecular weight excluding hydrogens is 354 g/mol. The van der Waals surface area contributed by atoms with E-state index in [1.54, 1.807) is 48.5 Å². The molecule has 1 N–H and O–H groups in total. The first-order valence-corrected chi connectivity index (χ1v) is 8.68. The van der Waals surface area contributed by atoms with Crippen LogP contribution in [-0.2, 0) is 4.84 Å². The Morgan fingerprint density at radius 2 is 1.54 bits per heavy atom. The van der Waals surface area contributed by atoms with Crippen LogP contribution in [-0.4, -0.2) is 11.9 Å². The average molecular weight is 373 g/mol. The summed E-state index contributed by atoms with van der Waals surface area (Å²) in [6.45, 7) is 3.79. The molecular formula is C22H19N3O3. The van der Waals surface area contributed by atoms with E-state index in [4.69, 9.17) is 4.84 Å². The molecule has 0 atom stereocenters. The quantitative estimate of drug-likeness (QED) is 0.479. The largest absolute Gasteiger partial charge is 0.362 e. The minimum absolute atomic E-state index is 0.396. The van der Waals surface area contributed by atoms with Gasteiger partial charge in [-0.15, -0.1) is 10.2 Å². The third kappa shape index (κ3) is 4.88. The molecule has 0 aliphatic rings. The molecule has 0 aliphatic carbocycles. The Morgan fingerprint density at radius 1 is 0.857 bits per heavy atom. The van der Waals surface area contributed by atoms with E-state index >= 15 is 0 Å². The summed E-state index contributed by atoms with van der Waals surface area (Å²) < 4.78 is 0. The molecule has 0 heterocycles. The van der Waals surface area contributed by atoms with Gasteiger partial charge >= 0.3 is 5.97 Å². The zero-order chi connectivity index (χ0) is 19.9. The Morgan fingerprint density at radius 3 is 2.21 bits per heavy atom. The summed E-state index contributed by atoms with van der Waals surface area (Å²) in [5, 5.41) is 7.71. The standard InChI is InChI=1S/C22H19N3O3/c1-15-7-9-17(10-8-15)22(27)28-25-19-13-11-18(12-14-19)23-24-21(26)20-6-4-3-5-16(20)2/h3-14,25H,1-2H3. The Labute approximate surface area is 162 Å². The summed E-state index contributed by atoms with van der Waals surface area (Å²) in [6, 6.07) is 21.0. The van der Waals surface area contributed by atoms with Crippen molar-refractivity contribution >= 4 is 23.3 Å². The molecule has 0 aliphatic heterocycles. The highest BCUT2D eigenvalue weighted by Gasteiger charge is 2.08. The number of hydrogen-bond donors (Lipinski definition) is 1. The molecule has 0 unspecified atom stereocenters. The van der Waals surface area contributed by atoms with Crippen LogP contribution in [0.15, 0.2) is 83.0 Å². The molecule has 3 aromatic rings. The molecule has 28 heavy (non-hydrogen) atoms. The van der Waals surface area contributed by atoms with E-state index in [0.717, 1.165) is 11.1 Å². The third-order valence-electron chi connectivity index (χ3n) is 4.05. The number of azo groups is 1. The smallest absolute Gasteiger partial charge is 0.338 e. The average Bonchev–Trinajstić information content (AvgIpc) is 2.72. The molecule has 3 rings (SSSR count). The van der Waals surface area contributed by atoms with Crippen LogP contribution in [0.3, 0.4) is 0 Å². The Bertz CT molecular complexity index is 1010. The van der Waals surface area contributed by atoms with Crippen LogP contribution in [0.5, 0.6) is 0 Å². The van der Waals surface area contributed by atoms with Gasteiger partial charge in [-0.2, -0.15) is 0 Å². The fourth-order valence-electron chi connectivity index (χ4n) is 2.42. The molecule has 140 valence electrons. The number of aryl methyl sites for hydroxylation is 2. The third-order valence-corrected chi connectivity index (χ3v) is 4.05. The van der Waals surface area contributed by atoms with Crippen molar-refractivity contribution in [2.24, 2.45) is 10.2 Å². The van der Waals surface area contributed by atoms with Crippen molar-refractivity contribution in [3.05, 3.63) is 95.1 Å². The molecule has 0 fully saturated rings. The second-order valence-electron chi connectivity index (χ2n) is 6.22. The van der Waals surface area contributed by atoms with Crippen LogP contribution in [0.25, 0.3) is 0 Å². The van der Waals surface area contributed by atoms with Crippen molar-refractivity contribution < 1.29 is 14.4 Å². The van der Waals surface area contributed by atoms with Crippen molar-refractivity contribution in [3.63, 3.8) is 0 Å². The second kappa shape index (κ2) is 8.73. The van der Waals surface area contributed by atoms with Crippen molar-refractivity contribution in [2.75, 3.05) is 5.48 Å². The van der Waals surface area contributed by atoms with Gasteiger partial charge in [-0.1, -0.05) is 35.9 Å². The van der Waals surface area contributed by atoms with E-state index in [1.165, 1.54) is 0 Å². The maximum absolute atomic E-state index is 12.1. The van der Waals surface area contributed by atoms with E-state index in [9.17, 15) is 9.59 Å². The number of nitrogens with zero attached hydrogens (tertiary/aromatic N) is 2. The van der Waals surface area contributed by atoms with Gasteiger partial charge in [-0.05, 0) is 61.9 Å². The first kappa shape index (κ1) is 19.0. The summed E-state index contributed by atoms with van der Waals surface area (Å²) in [5.74, 6) is -0.875. The van der Waals surface area contributed by atoms with Gasteiger partial charge in [0, 0.05) is 5.56 Å². The summed E-state index contributed by atoms with van der Waals surface area (Å²) in [6.07, 6.45) is 0. The van der Waals surface area contributed by atoms with Crippen molar-refractivity contribution in [2.45, 2.75) is 13.8 Å². The highest BCUT2D eigenvalue weighted by molar-refractivity contribution is 5.96. The van der Waals surface area contributed by atoms with Crippen molar-refractivity contribution in [3.8, 4) is 0 Å². The van der Waals surface area contributed by atoms with Gasteiger partial charge in [0.1, 0.15) is 0 Å². The molecule has 1 amide bonds. The highest BCUT2D eigenvalue weighted by atomic mass is 16.7. The number of nitrogens with one attached hydrogen (secondary N) is 1. The van der Waals surface area contributed by atoms with E-state index in [1.807, 2.05) is 38.1 Å². The molecule has 0 bridgehead atoms. The first-order valence-electron chi connectivity index (χ1n) is 8.68. The maximum Gasteiger partial charge on any atom is 0.362 e. The van der Waals surface area contributed by atoms with Crippen LogP contribution in [0, 0.1) is 13.8 Å². The van der Waals surface area contributed by atoms with Crippen LogP contribution in [0.1, 0.15) is 31.8 Å². The van der Waals surface area contributed by atoms with Gasteiger partial charge in [0.2, 0.25) is 0 Å². The number of anilines is 1. The molecule has 0 radical (unpaired) electrons. The molecule has 6 heteroatoms. The monoisotopic (exact) mass is 373 g/mol. The van der Waals surface area contributed by atoms with Gasteiger partial charge in [0.25, 0.3) is 5.91 Å². The minimum atomic E-state index is -0.479. The van der Waals surface area contributed by atoms with Gasteiger partial charge in [-0.3, -0.25) is 4.79 Å². The fourth-order valence-corrected chi connectivity index (χ4v) is 2.42. The molecule has 0 aromatic heterocycles. The lowest BCUT2D eigenvalue weighted by Gasteiger charge is -2.07. The highest BCUT2D eigenvalue weighted by Crippen LogP contribution is 2.18. The van der Waals surface area contributed by atoms with Crippen LogP contribution < -0.4 is 5.48 Å². The predicted molar refractivity (Wildman–Crippen MR) is 107 cm³/mol. The number of carbonyl (C=O) groups excluding carboxylic acids is 2. The lowest BCUT2D eigenvalue weighted by atomic mass is 10.1. The Balaban J connectivity index is 1.57. The zero-order valence-electron chi connectivity index (χ0n) is 15.5. The fraction of sp³-hybridized carbons (Fsp3) is 0.0909. The van der Waals surface area contributed by atoms with Gasteiger partial charge in [0.15, 0.2) is 0 Å². The molecule has 3 aromatic carbocycles. The van der Waals surface area contributed by atoms with Gasteiger partial charge < -0.3 is 4.84 Å². The molecule has 0 saturated carbocycles. The van der Waals surface area contributed by atoms with Gasteiger partial charge in [-0.25, -0.2) is 10.3 Å². The summed E-state index contributed by atoms with van der Waals surface area (Å²) in [4.78, 5) is 29.2. The van der Waals surface area contributed by atoms with E-state index in [2.05, 4.69) is 15.7 Å². The van der Waals surface area contributed by atoms with E-state index in [0.29, 0.717) is 22.5 Å². The molecule has 0 saturated heterocycles. The summed E-state index contributed by atoms with van der Waals surface area (Å²) in [7, 11) is 0.